The molecule has 0 aromatic heterocycles. The van der Waals surface area contributed by atoms with E-state index in [9.17, 15) is 18.0 Å². The molecule has 1 aromatic carbocycles. The number of esters is 1. The molecule has 0 saturated carbocycles. The summed E-state index contributed by atoms with van der Waals surface area (Å²) in [6.45, 7) is 4.50. The molecule has 1 heterocycles. The SMILES string of the molecule is CCCC(=O)OCC(=O)Nc1cc(S(=O)(=O)N2CCOCC2)ccc1C. The number of nitrogens with one attached hydrogen (secondary N) is 1. The second kappa shape index (κ2) is 9.11. The first kappa shape index (κ1) is 20.3. The molecule has 26 heavy (non-hydrogen) atoms. The lowest BCUT2D eigenvalue weighted by atomic mass is 10.2. The van der Waals surface area contributed by atoms with Gasteiger partial charge in [-0.3, -0.25) is 9.59 Å². The minimum atomic E-state index is -3.65. The van der Waals surface area contributed by atoms with Crippen LogP contribution >= 0.6 is 0 Å². The standard InChI is InChI=1S/C17H24N2O6S/c1-3-4-17(21)25-12-16(20)18-15-11-14(6-5-13(15)2)26(22,23)19-7-9-24-10-8-19/h5-6,11H,3-4,7-10,12H2,1-2H3,(H,18,20). The largest absolute Gasteiger partial charge is 0.456 e. The molecule has 9 heteroatoms. The quantitative estimate of drug-likeness (QED) is 0.711. The summed E-state index contributed by atoms with van der Waals surface area (Å²) in [4.78, 5) is 23.4. The van der Waals surface area contributed by atoms with Gasteiger partial charge in [-0.2, -0.15) is 4.31 Å². The highest BCUT2D eigenvalue weighted by atomic mass is 32.2. The van der Waals surface area contributed by atoms with Crippen molar-refractivity contribution in [2.45, 2.75) is 31.6 Å². The van der Waals surface area contributed by atoms with Gasteiger partial charge in [0.05, 0.1) is 18.1 Å². The lowest BCUT2D eigenvalue weighted by Gasteiger charge is -2.26. The first-order valence-corrected chi connectivity index (χ1v) is 9.92. The minimum absolute atomic E-state index is 0.100. The smallest absolute Gasteiger partial charge is 0.306 e. The van der Waals surface area contributed by atoms with E-state index < -0.39 is 28.5 Å². The van der Waals surface area contributed by atoms with Gasteiger partial charge in [0.1, 0.15) is 0 Å². The van der Waals surface area contributed by atoms with Gasteiger partial charge in [0.15, 0.2) is 6.61 Å². The van der Waals surface area contributed by atoms with Gasteiger partial charge in [0.25, 0.3) is 5.91 Å². The van der Waals surface area contributed by atoms with Crippen molar-refractivity contribution in [3.05, 3.63) is 23.8 Å². The third-order valence-electron chi connectivity index (χ3n) is 3.91. The van der Waals surface area contributed by atoms with Crippen molar-refractivity contribution in [2.24, 2.45) is 0 Å². The number of benzene rings is 1. The number of carbonyl (C=O) groups excluding carboxylic acids is 2. The van der Waals surface area contributed by atoms with Crippen LogP contribution in [0.1, 0.15) is 25.3 Å². The van der Waals surface area contributed by atoms with E-state index in [1.165, 1.54) is 16.4 Å². The summed E-state index contributed by atoms with van der Waals surface area (Å²) in [6.07, 6.45) is 0.889. The molecule has 0 atom stereocenters. The van der Waals surface area contributed by atoms with E-state index in [4.69, 9.17) is 9.47 Å². The van der Waals surface area contributed by atoms with Crippen molar-refractivity contribution in [1.29, 1.82) is 0 Å². The highest BCUT2D eigenvalue weighted by Crippen LogP contribution is 2.23. The molecule has 0 aliphatic carbocycles. The zero-order valence-electron chi connectivity index (χ0n) is 15.0. The first-order valence-electron chi connectivity index (χ1n) is 8.48. The van der Waals surface area contributed by atoms with Gasteiger partial charge in [0, 0.05) is 25.2 Å². The fraction of sp³-hybridized carbons (Fsp3) is 0.529. The van der Waals surface area contributed by atoms with Gasteiger partial charge in [-0.15, -0.1) is 0 Å². The number of carbonyl (C=O) groups is 2. The molecular weight excluding hydrogens is 360 g/mol. The number of hydrogen-bond donors (Lipinski definition) is 1. The van der Waals surface area contributed by atoms with Crippen LogP contribution in [0, 0.1) is 6.92 Å². The van der Waals surface area contributed by atoms with E-state index >= 15 is 0 Å². The van der Waals surface area contributed by atoms with Crippen molar-refractivity contribution in [2.75, 3.05) is 38.2 Å². The lowest BCUT2D eigenvalue weighted by Crippen LogP contribution is -2.40. The van der Waals surface area contributed by atoms with Crippen molar-refractivity contribution < 1.29 is 27.5 Å². The van der Waals surface area contributed by atoms with Gasteiger partial charge < -0.3 is 14.8 Å². The molecule has 8 nitrogen and oxygen atoms in total. The van der Waals surface area contributed by atoms with E-state index in [2.05, 4.69) is 5.32 Å². The predicted octanol–water partition coefficient (Wildman–Crippen LogP) is 1.30. The molecule has 0 unspecified atom stereocenters. The van der Waals surface area contributed by atoms with Gasteiger partial charge >= 0.3 is 5.97 Å². The van der Waals surface area contributed by atoms with Crippen molar-refractivity contribution >= 4 is 27.6 Å². The number of rotatable bonds is 7. The van der Waals surface area contributed by atoms with Crippen LogP contribution in [0.3, 0.4) is 0 Å². The normalized spacial score (nSPS) is 15.5. The summed E-state index contributed by atoms with van der Waals surface area (Å²) < 4.78 is 36.8. The Morgan fingerprint density at radius 3 is 2.62 bits per heavy atom. The third-order valence-corrected chi connectivity index (χ3v) is 5.80. The molecule has 1 aliphatic heterocycles. The van der Waals surface area contributed by atoms with Crippen LogP contribution in [0.15, 0.2) is 23.1 Å². The molecule has 144 valence electrons. The maximum Gasteiger partial charge on any atom is 0.306 e. The van der Waals surface area contributed by atoms with E-state index in [1.54, 1.807) is 13.0 Å². The zero-order chi connectivity index (χ0) is 19.2. The minimum Gasteiger partial charge on any atom is -0.456 e. The van der Waals surface area contributed by atoms with Crippen molar-refractivity contribution in [1.82, 2.24) is 4.31 Å². The van der Waals surface area contributed by atoms with Crippen LogP contribution in [-0.2, 0) is 29.1 Å². The summed E-state index contributed by atoms with van der Waals surface area (Å²) in [5.74, 6) is -0.957. The van der Waals surface area contributed by atoms with Crippen molar-refractivity contribution in [3.63, 3.8) is 0 Å². The van der Waals surface area contributed by atoms with Gasteiger partial charge in [0.2, 0.25) is 10.0 Å². The second-order valence-corrected chi connectivity index (χ2v) is 7.89. The number of nitrogens with zero attached hydrogens (tertiary/aromatic N) is 1. The van der Waals surface area contributed by atoms with Crippen LogP contribution in [0.2, 0.25) is 0 Å². The number of ether oxygens (including phenoxy) is 2. The van der Waals surface area contributed by atoms with Crippen LogP contribution in [-0.4, -0.2) is 57.5 Å². The Morgan fingerprint density at radius 1 is 1.27 bits per heavy atom. The molecule has 1 amide bonds. The summed E-state index contributed by atoms with van der Waals surface area (Å²) >= 11 is 0. The average Bonchev–Trinajstić information content (AvgIpc) is 2.62. The molecule has 0 radical (unpaired) electrons. The Labute approximate surface area is 153 Å². The van der Waals surface area contributed by atoms with Gasteiger partial charge in [-0.1, -0.05) is 13.0 Å². The van der Waals surface area contributed by atoms with Crippen LogP contribution in [0.25, 0.3) is 0 Å². The number of anilines is 1. The Hall–Kier alpha value is -1.97. The van der Waals surface area contributed by atoms with Crippen LogP contribution < -0.4 is 5.32 Å². The Bertz CT molecular complexity index is 757. The lowest BCUT2D eigenvalue weighted by molar-refractivity contribution is -0.147. The number of amides is 1. The molecule has 2 rings (SSSR count). The highest BCUT2D eigenvalue weighted by Gasteiger charge is 2.26. The maximum absolute atomic E-state index is 12.7. The van der Waals surface area contributed by atoms with E-state index in [0.29, 0.717) is 44.0 Å². The molecule has 1 aromatic rings. The number of sulfonamides is 1. The summed E-state index contributed by atoms with van der Waals surface area (Å²) in [6, 6.07) is 4.56. The maximum atomic E-state index is 12.7. The topological polar surface area (TPSA) is 102 Å². The van der Waals surface area contributed by atoms with E-state index in [1.807, 2.05) is 6.92 Å². The summed E-state index contributed by atoms with van der Waals surface area (Å²) in [5.41, 5.74) is 1.08. The van der Waals surface area contributed by atoms with Crippen molar-refractivity contribution in [3.8, 4) is 0 Å². The highest BCUT2D eigenvalue weighted by molar-refractivity contribution is 7.89. The number of hydrogen-bond acceptors (Lipinski definition) is 6. The molecule has 0 spiro atoms. The molecule has 1 fully saturated rings. The number of morpholine rings is 1. The zero-order valence-corrected chi connectivity index (χ0v) is 15.8. The predicted molar refractivity (Wildman–Crippen MR) is 95.3 cm³/mol. The van der Waals surface area contributed by atoms with Gasteiger partial charge in [-0.05, 0) is 31.0 Å². The fourth-order valence-corrected chi connectivity index (χ4v) is 3.88. The Morgan fingerprint density at radius 2 is 1.96 bits per heavy atom. The van der Waals surface area contributed by atoms with Crippen LogP contribution in [0.5, 0.6) is 0 Å². The summed E-state index contributed by atoms with van der Waals surface area (Å²) in [5, 5.41) is 2.60. The first-order chi connectivity index (χ1) is 12.3. The molecule has 1 N–H and O–H groups in total. The average molecular weight is 384 g/mol. The Balaban J connectivity index is 2.09. The molecule has 1 aliphatic rings. The monoisotopic (exact) mass is 384 g/mol. The fourth-order valence-electron chi connectivity index (χ4n) is 2.44. The number of aryl methyl sites for hydroxylation is 1. The third kappa shape index (κ3) is 5.26. The molecule has 1 saturated heterocycles. The Kier molecular flexibility index (Phi) is 7.13. The van der Waals surface area contributed by atoms with Gasteiger partial charge in [-0.25, -0.2) is 8.42 Å². The van der Waals surface area contributed by atoms with E-state index in [0.717, 1.165) is 0 Å². The second-order valence-electron chi connectivity index (χ2n) is 5.95. The van der Waals surface area contributed by atoms with E-state index in [-0.39, 0.29) is 11.3 Å². The summed E-state index contributed by atoms with van der Waals surface area (Å²) in [7, 11) is -3.65. The molecule has 0 bridgehead atoms. The van der Waals surface area contributed by atoms with Crippen LogP contribution in [0.4, 0.5) is 5.69 Å². The molecular formula is C17H24N2O6S.